The van der Waals surface area contributed by atoms with E-state index >= 15 is 0 Å². The second-order valence-electron chi connectivity index (χ2n) is 4.16. The van der Waals surface area contributed by atoms with Crippen molar-refractivity contribution in [2.45, 2.75) is 32.2 Å². The Morgan fingerprint density at radius 1 is 1.47 bits per heavy atom. The van der Waals surface area contributed by atoms with Crippen molar-refractivity contribution in [2.75, 3.05) is 11.4 Å². The summed E-state index contributed by atoms with van der Waals surface area (Å²) >= 11 is 0. The quantitative estimate of drug-likeness (QED) is 0.675. The Morgan fingerprint density at radius 2 is 2.27 bits per heavy atom. The maximum absolute atomic E-state index is 3.96. The lowest BCUT2D eigenvalue weighted by molar-refractivity contribution is 0.641. The molecule has 1 heteroatoms. The molecule has 1 heterocycles. The van der Waals surface area contributed by atoms with Crippen molar-refractivity contribution < 1.29 is 0 Å². The van der Waals surface area contributed by atoms with Gasteiger partial charge in [0.15, 0.2) is 0 Å². The highest BCUT2D eigenvalue weighted by Crippen LogP contribution is 2.30. The Kier molecular flexibility index (Phi) is 3.10. The molecule has 1 aliphatic heterocycles. The molecule has 0 fully saturated rings. The predicted octanol–water partition coefficient (Wildman–Crippen LogP) is 3.40. The summed E-state index contributed by atoms with van der Waals surface area (Å²) < 4.78 is 0. The van der Waals surface area contributed by atoms with Crippen LogP contribution in [0.25, 0.3) is 0 Å². The maximum atomic E-state index is 3.96. The fraction of sp³-hybridized carbons (Fsp3) is 0.429. The van der Waals surface area contributed by atoms with Gasteiger partial charge in [0.05, 0.1) is 0 Å². The van der Waals surface area contributed by atoms with E-state index in [1.165, 1.54) is 30.5 Å². The van der Waals surface area contributed by atoms with Gasteiger partial charge in [0.25, 0.3) is 0 Å². The fourth-order valence-electron chi connectivity index (χ4n) is 2.40. The Bertz CT molecular complexity index is 343. The smallest absolute Gasteiger partial charge is 0.0470 e. The first-order valence-electron chi connectivity index (χ1n) is 5.84. The number of hydrogen-bond donors (Lipinski definition) is 0. The third-order valence-electron chi connectivity index (χ3n) is 3.18. The molecule has 1 atom stereocenters. The molecule has 0 bridgehead atoms. The van der Waals surface area contributed by atoms with Gasteiger partial charge in [0.2, 0.25) is 0 Å². The summed E-state index contributed by atoms with van der Waals surface area (Å²) in [5.41, 5.74) is 2.90. The predicted molar refractivity (Wildman–Crippen MR) is 66.4 cm³/mol. The molecule has 1 unspecified atom stereocenters. The van der Waals surface area contributed by atoms with Crippen molar-refractivity contribution >= 4 is 5.69 Å². The van der Waals surface area contributed by atoms with Crippen LogP contribution in [0.2, 0.25) is 0 Å². The Labute approximate surface area is 92.4 Å². The first-order chi connectivity index (χ1) is 7.36. The van der Waals surface area contributed by atoms with Crippen LogP contribution in [0.1, 0.15) is 25.3 Å². The van der Waals surface area contributed by atoms with Crippen LogP contribution in [-0.4, -0.2) is 12.6 Å². The molecule has 1 aromatic rings. The average Bonchev–Trinajstić information content (AvgIpc) is 2.70. The highest BCUT2D eigenvalue weighted by atomic mass is 15.2. The van der Waals surface area contributed by atoms with E-state index in [2.05, 4.69) is 48.7 Å². The lowest BCUT2D eigenvalue weighted by Gasteiger charge is -2.27. The first-order valence-corrected chi connectivity index (χ1v) is 5.84. The highest BCUT2D eigenvalue weighted by molar-refractivity contribution is 5.59. The summed E-state index contributed by atoms with van der Waals surface area (Å²) in [6.07, 6.45) is 5.70. The number of nitrogens with zero attached hydrogens (tertiary/aromatic N) is 1. The number of fused-ring (bicyclic) bond motifs is 1. The fourth-order valence-corrected chi connectivity index (χ4v) is 2.40. The van der Waals surface area contributed by atoms with Gasteiger partial charge in [-0.15, -0.1) is 6.58 Å². The summed E-state index contributed by atoms with van der Waals surface area (Å²) in [7, 11) is 0. The molecule has 1 aromatic carbocycles. The Hall–Kier alpha value is -1.24. The Balaban J connectivity index is 2.22. The summed E-state index contributed by atoms with van der Waals surface area (Å²) in [5, 5.41) is 0. The van der Waals surface area contributed by atoms with Crippen LogP contribution in [-0.2, 0) is 6.42 Å². The average molecular weight is 201 g/mol. The van der Waals surface area contributed by atoms with Crippen molar-refractivity contribution in [1.29, 1.82) is 0 Å². The number of hydrogen-bond acceptors (Lipinski definition) is 1. The van der Waals surface area contributed by atoms with Crippen LogP contribution in [0.4, 0.5) is 5.69 Å². The van der Waals surface area contributed by atoms with Gasteiger partial charge in [-0.3, -0.25) is 0 Å². The summed E-state index contributed by atoms with van der Waals surface area (Å²) in [5.74, 6) is 0. The molecular formula is C14H19N. The van der Waals surface area contributed by atoms with E-state index in [1.807, 2.05) is 0 Å². The van der Waals surface area contributed by atoms with E-state index in [0.29, 0.717) is 6.04 Å². The molecule has 15 heavy (non-hydrogen) atoms. The number of para-hydroxylation sites is 1. The molecule has 0 amide bonds. The molecule has 0 N–H and O–H groups in total. The topological polar surface area (TPSA) is 3.24 Å². The van der Waals surface area contributed by atoms with Gasteiger partial charge in [0, 0.05) is 18.3 Å². The molecule has 1 aliphatic rings. The van der Waals surface area contributed by atoms with Gasteiger partial charge in [0.1, 0.15) is 0 Å². The maximum Gasteiger partial charge on any atom is 0.0470 e. The standard InChI is InChI=1S/C14H19N/c1-3-7-13(4-2)15-11-10-12-8-5-6-9-14(12)15/h4-6,8-9,13H,2-3,7,10-11H2,1H3. The summed E-state index contributed by atoms with van der Waals surface area (Å²) in [6.45, 7) is 7.34. The molecule has 0 saturated carbocycles. The molecule has 80 valence electrons. The van der Waals surface area contributed by atoms with Gasteiger partial charge in [-0.05, 0) is 24.5 Å². The van der Waals surface area contributed by atoms with E-state index in [4.69, 9.17) is 0 Å². The lowest BCUT2D eigenvalue weighted by atomic mass is 10.1. The highest BCUT2D eigenvalue weighted by Gasteiger charge is 2.22. The van der Waals surface area contributed by atoms with Gasteiger partial charge in [-0.2, -0.15) is 0 Å². The van der Waals surface area contributed by atoms with Gasteiger partial charge >= 0.3 is 0 Å². The minimum atomic E-state index is 0.513. The van der Waals surface area contributed by atoms with E-state index in [0.717, 1.165) is 6.54 Å². The minimum Gasteiger partial charge on any atom is -0.365 e. The molecule has 0 spiro atoms. The van der Waals surface area contributed by atoms with Crippen LogP contribution in [0, 0.1) is 0 Å². The molecule has 2 rings (SSSR count). The van der Waals surface area contributed by atoms with Crippen LogP contribution in [0.3, 0.4) is 0 Å². The van der Waals surface area contributed by atoms with Crippen LogP contribution >= 0.6 is 0 Å². The van der Waals surface area contributed by atoms with Gasteiger partial charge < -0.3 is 4.90 Å². The third-order valence-corrected chi connectivity index (χ3v) is 3.18. The largest absolute Gasteiger partial charge is 0.365 e. The van der Waals surface area contributed by atoms with Crippen molar-refractivity contribution in [3.8, 4) is 0 Å². The van der Waals surface area contributed by atoms with E-state index < -0.39 is 0 Å². The van der Waals surface area contributed by atoms with Crippen molar-refractivity contribution in [2.24, 2.45) is 0 Å². The van der Waals surface area contributed by atoms with Gasteiger partial charge in [-0.1, -0.05) is 37.6 Å². The zero-order valence-corrected chi connectivity index (χ0v) is 9.45. The Morgan fingerprint density at radius 3 is 3.00 bits per heavy atom. The van der Waals surface area contributed by atoms with Crippen molar-refractivity contribution in [1.82, 2.24) is 0 Å². The van der Waals surface area contributed by atoms with Crippen molar-refractivity contribution in [3.63, 3.8) is 0 Å². The zero-order valence-electron chi connectivity index (χ0n) is 9.45. The minimum absolute atomic E-state index is 0.513. The van der Waals surface area contributed by atoms with Crippen LogP contribution in [0.15, 0.2) is 36.9 Å². The molecule has 0 saturated heterocycles. The number of anilines is 1. The molecule has 0 radical (unpaired) electrons. The van der Waals surface area contributed by atoms with Crippen LogP contribution < -0.4 is 4.90 Å². The van der Waals surface area contributed by atoms with Crippen molar-refractivity contribution in [3.05, 3.63) is 42.5 Å². The first kappa shape index (κ1) is 10.3. The normalized spacial score (nSPS) is 16.2. The SMILES string of the molecule is C=CC(CCC)N1CCc2ccccc21. The summed E-state index contributed by atoms with van der Waals surface area (Å²) in [4.78, 5) is 2.49. The third kappa shape index (κ3) is 1.92. The summed E-state index contributed by atoms with van der Waals surface area (Å²) in [6, 6.07) is 9.24. The number of rotatable bonds is 4. The molecular weight excluding hydrogens is 182 g/mol. The van der Waals surface area contributed by atoms with E-state index in [-0.39, 0.29) is 0 Å². The molecule has 1 nitrogen and oxygen atoms in total. The van der Waals surface area contributed by atoms with Gasteiger partial charge in [-0.25, -0.2) is 0 Å². The van der Waals surface area contributed by atoms with E-state index in [1.54, 1.807) is 0 Å². The van der Waals surface area contributed by atoms with Crippen LogP contribution in [0.5, 0.6) is 0 Å². The number of benzene rings is 1. The lowest BCUT2D eigenvalue weighted by Crippen LogP contribution is -2.31. The zero-order chi connectivity index (χ0) is 10.7. The molecule has 0 aromatic heterocycles. The second kappa shape index (κ2) is 4.52. The van der Waals surface area contributed by atoms with E-state index in [9.17, 15) is 0 Å². The monoisotopic (exact) mass is 201 g/mol. The second-order valence-corrected chi connectivity index (χ2v) is 4.16. The molecule has 0 aliphatic carbocycles.